The van der Waals surface area contributed by atoms with Crippen LogP contribution in [0.15, 0.2) is 0 Å². The molecule has 0 aliphatic carbocycles. The monoisotopic (exact) mass is 228 g/mol. The minimum absolute atomic E-state index is 0.0850. The van der Waals surface area contributed by atoms with Gasteiger partial charge in [-0.25, -0.2) is 0 Å². The van der Waals surface area contributed by atoms with Crippen LogP contribution >= 0.6 is 0 Å². The highest BCUT2D eigenvalue weighted by Gasteiger charge is 2.21. The van der Waals surface area contributed by atoms with Gasteiger partial charge in [-0.3, -0.25) is 0 Å². The highest BCUT2D eigenvalue weighted by molar-refractivity contribution is 4.80. The van der Waals surface area contributed by atoms with Crippen molar-refractivity contribution in [3.63, 3.8) is 0 Å². The zero-order chi connectivity index (χ0) is 12.0. The van der Waals surface area contributed by atoms with Crippen LogP contribution in [-0.4, -0.2) is 48.8 Å². The third kappa shape index (κ3) is 4.40. The van der Waals surface area contributed by atoms with E-state index in [0.717, 1.165) is 12.3 Å². The molecule has 0 bridgehead atoms. The standard InChI is InChI=1S/C13H28N2O/c1-12-6-9-15(10-12)8-5-4-7-13(2,11-16)14-3/h12,14,16H,4-11H2,1-3H3. The largest absolute Gasteiger partial charge is 0.394 e. The summed E-state index contributed by atoms with van der Waals surface area (Å²) in [7, 11) is 1.93. The molecular weight excluding hydrogens is 200 g/mol. The Morgan fingerprint density at radius 1 is 1.44 bits per heavy atom. The lowest BCUT2D eigenvalue weighted by Gasteiger charge is -2.27. The van der Waals surface area contributed by atoms with E-state index in [2.05, 4.69) is 24.1 Å². The van der Waals surface area contributed by atoms with Crippen LogP contribution in [-0.2, 0) is 0 Å². The summed E-state index contributed by atoms with van der Waals surface area (Å²) in [5.41, 5.74) is -0.0850. The fourth-order valence-electron chi connectivity index (χ4n) is 2.36. The Balaban J connectivity index is 2.07. The molecule has 1 fully saturated rings. The third-order valence-corrected chi connectivity index (χ3v) is 3.91. The van der Waals surface area contributed by atoms with E-state index in [0.29, 0.717) is 0 Å². The second-order valence-corrected chi connectivity index (χ2v) is 5.62. The fraction of sp³-hybridized carbons (Fsp3) is 1.00. The molecule has 0 amide bonds. The lowest BCUT2D eigenvalue weighted by molar-refractivity contribution is 0.169. The molecule has 2 unspecified atom stereocenters. The molecule has 0 aromatic rings. The van der Waals surface area contributed by atoms with Crippen LogP contribution in [0.3, 0.4) is 0 Å². The molecular formula is C13H28N2O. The SMILES string of the molecule is CNC(C)(CO)CCCCN1CCC(C)C1. The van der Waals surface area contributed by atoms with Crippen LogP contribution in [0.2, 0.25) is 0 Å². The zero-order valence-corrected chi connectivity index (χ0v) is 11.1. The van der Waals surface area contributed by atoms with Gasteiger partial charge in [-0.1, -0.05) is 13.3 Å². The van der Waals surface area contributed by atoms with Crippen LogP contribution in [0.25, 0.3) is 0 Å². The average Bonchev–Trinajstić information content (AvgIpc) is 2.70. The summed E-state index contributed by atoms with van der Waals surface area (Å²) in [6.07, 6.45) is 4.88. The molecule has 2 N–H and O–H groups in total. The van der Waals surface area contributed by atoms with Gasteiger partial charge in [-0.15, -0.1) is 0 Å². The van der Waals surface area contributed by atoms with E-state index < -0.39 is 0 Å². The summed E-state index contributed by atoms with van der Waals surface area (Å²) in [6, 6.07) is 0. The van der Waals surface area contributed by atoms with Crippen molar-refractivity contribution in [2.24, 2.45) is 5.92 Å². The number of likely N-dealkylation sites (tertiary alicyclic amines) is 1. The number of rotatable bonds is 7. The van der Waals surface area contributed by atoms with E-state index in [-0.39, 0.29) is 12.1 Å². The van der Waals surface area contributed by atoms with Gasteiger partial charge >= 0.3 is 0 Å². The van der Waals surface area contributed by atoms with Gasteiger partial charge in [-0.05, 0) is 52.2 Å². The topological polar surface area (TPSA) is 35.5 Å². The Morgan fingerprint density at radius 2 is 2.19 bits per heavy atom. The highest BCUT2D eigenvalue weighted by Crippen LogP contribution is 2.17. The quantitative estimate of drug-likeness (QED) is 0.648. The number of likely N-dealkylation sites (N-methyl/N-ethyl adjacent to an activating group) is 1. The number of unbranched alkanes of at least 4 members (excludes halogenated alkanes) is 1. The number of aliphatic hydroxyl groups is 1. The van der Waals surface area contributed by atoms with Gasteiger partial charge in [0.2, 0.25) is 0 Å². The predicted octanol–water partition coefficient (Wildman–Crippen LogP) is 1.47. The first-order valence-corrected chi connectivity index (χ1v) is 6.62. The van der Waals surface area contributed by atoms with Crippen LogP contribution in [0.5, 0.6) is 0 Å². The third-order valence-electron chi connectivity index (χ3n) is 3.91. The molecule has 3 nitrogen and oxygen atoms in total. The zero-order valence-electron chi connectivity index (χ0n) is 11.1. The lowest BCUT2D eigenvalue weighted by atomic mass is 9.96. The summed E-state index contributed by atoms with van der Waals surface area (Å²) >= 11 is 0. The number of hydrogen-bond donors (Lipinski definition) is 2. The lowest BCUT2D eigenvalue weighted by Crippen LogP contribution is -2.43. The molecule has 1 aliphatic heterocycles. The maximum Gasteiger partial charge on any atom is 0.0610 e. The Morgan fingerprint density at radius 3 is 2.69 bits per heavy atom. The number of hydrogen-bond acceptors (Lipinski definition) is 3. The van der Waals surface area contributed by atoms with E-state index in [1.807, 2.05) is 7.05 Å². The second-order valence-electron chi connectivity index (χ2n) is 5.62. The summed E-state index contributed by atoms with van der Waals surface area (Å²) in [5, 5.41) is 12.5. The van der Waals surface area contributed by atoms with Gasteiger partial charge in [0, 0.05) is 12.1 Å². The fourth-order valence-corrected chi connectivity index (χ4v) is 2.36. The molecule has 1 rings (SSSR count). The maximum atomic E-state index is 9.26. The molecule has 3 heteroatoms. The molecule has 16 heavy (non-hydrogen) atoms. The smallest absolute Gasteiger partial charge is 0.0610 e. The van der Waals surface area contributed by atoms with Crippen molar-refractivity contribution in [3.05, 3.63) is 0 Å². The van der Waals surface area contributed by atoms with E-state index in [4.69, 9.17) is 0 Å². The first-order chi connectivity index (χ1) is 7.59. The van der Waals surface area contributed by atoms with Gasteiger partial charge in [0.05, 0.1) is 6.61 Å². The van der Waals surface area contributed by atoms with Crippen molar-refractivity contribution >= 4 is 0 Å². The van der Waals surface area contributed by atoms with Gasteiger partial charge < -0.3 is 15.3 Å². The number of aliphatic hydroxyl groups excluding tert-OH is 1. The van der Waals surface area contributed by atoms with E-state index in [9.17, 15) is 5.11 Å². The number of nitrogens with one attached hydrogen (secondary N) is 1. The molecule has 1 aliphatic rings. The molecule has 0 spiro atoms. The van der Waals surface area contributed by atoms with Gasteiger partial charge in [0.1, 0.15) is 0 Å². The summed E-state index contributed by atoms with van der Waals surface area (Å²) < 4.78 is 0. The van der Waals surface area contributed by atoms with Gasteiger partial charge in [0.15, 0.2) is 0 Å². The maximum absolute atomic E-state index is 9.26. The second kappa shape index (κ2) is 6.58. The van der Waals surface area contributed by atoms with Crippen LogP contribution in [0.1, 0.15) is 39.5 Å². The van der Waals surface area contributed by atoms with Crippen LogP contribution in [0, 0.1) is 5.92 Å². The molecule has 1 heterocycles. The highest BCUT2D eigenvalue weighted by atomic mass is 16.3. The van der Waals surface area contributed by atoms with E-state index in [1.165, 1.54) is 38.9 Å². The number of nitrogens with zero attached hydrogens (tertiary/aromatic N) is 1. The molecule has 1 saturated heterocycles. The average molecular weight is 228 g/mol. The van der Waals surface area contributed by atoms with Crippen LogP contribution in [0.4, 0.5) is 0 Å². The Labute approximate surface area is 100 Å². The van der Waals surface area contributed by atoms with Crippen molar-refractivity contribution in [2.75, 3.05) is 33.3 Å². The minimum Gasteiger partial charge on any atom is -0.394 e. The minimum atomic E-state index is -0.0850. The molecule has 0 aromatic heterocycles. The molecule has 0 aromatic carbocycles. The summed E-state index contributed by atoms with van der Waals surface area (Å²) in [4.78, 5) is 2.57. The van der Waals surface area contributed by atoms with E-state index in [1.54, 1.807) is 0 Å². The van der Waals surface area contributed by atoms with Gasteiger partial charge in [0.25, 0.3) is 0 Å². The van der Waals surface area contributed by atoms with Crippen molar-refractivity contribution in [1.82, 2.24) is 10.2 Å². The van der Waals surface area contributed by atoms with Crippen molar-refractivity contribution in [2.45, 2.75) is 45.1 Å². The molecule has 0 saturated carbocycles. The molecule has 96 valence electrons. The Hall–Kier alpha value is -0.120. The van der Waals surface area contributed by atoms with Crippen molar-refractivity contribution in [1.29, 1.82) is 0 Å². The van der Waals surface area contributed by atoms with Crippen LogP contribution < -0.4 is 5.32 Å². The molecule has 0 radical (unpaired) electrons. The first kappa shape index (κ1) is 13.9. The normalized spacial score (nSPS) is 25.9. The summed E-state index contributed by atoms with van der Waals surface area (Å²) in [5.74, 6) is 0.889. The Kier molecular flexibility index (Phi) is 5.73. The summed E-state index contributed by atoms with van der Waals surface area (Å²) in [6.45, 7) is 8.45. The first-order valence-electron chi connectivity index (χ1n) is 6.62. The Bertz CT molecular complexity index is 192. The van der Waals surface area contributed by atoms with E-state index >= 15 is 0 Å². The van der Waals surface area contributed by atoms with Crippen molar-refractivity contribution < 1.29 is 5.11 Å². The van der Waals surface area contributed by atoms with Crippen molar-refractivity contribution in [3.8, 4) is 0 Å². The molecule has 2 atom stereocenters. The predicted molar refractivity (Wildman–Crippen MR) is 68.6 cm³/mol. The van der Waals surface area contributed by atoms with Gasteiger partial charge in [-0.2, -0.15) is 0 Å².